The molecule has 7 heteroatoms. The number of imidazole rings is 1. The molecule has 1 aliphatic heterocycles. The minimum Gasteiger partial charge on any atom is -0.340 e. The summed E-state index contributed by atoms with van der Waals surface area (Å²) in [5, 5.41) is 7.26. The quantitative estimate of drug-likeness (QED) is 0.714. The Kier molecular flexibility index (Phi) is 5.17. The van der Waals surface area contributed by atoms with Crippen LogP contribution >= 0.6 is 0 Å². The van der Waals surface area contributed by atoms with Crippen molar-refractivity contribution in [2.45, 2.75) is 32.9 Å². The summed E-state index contributed by atoms with van der Waals surface area (Å²) < 4.78 is 2.06. The van der Waals surface area contributed by atoms with Gasteiger partial charge >= 0.3 is 0 Å². The molecule has 7 nitrogen and oxygen atoms in total. The average molecular weight is 380 g/mol. The van der Waals surface area contributed by atoms with Crippen LogP contribution in [0.3, 0.4) is 0 Å². The van der Waals surface area contributed by atoms with Crippen LogP contribution < -0.4 is 0 Å². The fourth-order valence-electron chi connectivity index (χ4n) is 4.02. The lowest BCUT2D eigenvalue weighted by atomic mass is 10.1. The van der Waals surface area contributed by atoms with Crippen molar-refractivity contribution < 1.29 is 4.79 Å². The van der Waals surface area contributed by atoms with Gasteiger partial charge in [0.05, 0.1) is 29.6 Å². The van der Waals surface area contributed by atoms with E-state index in [1.54, 1.807) is 4.90 Å². The van der Waals surface area contributed by atoms with Crippen LogP contribution in [-0.2, 0) is 6.54 Å². The molecule has 148 valence electrons. The van der Waals surface area contributed by atoms with Crippen LogP contribution in [0, 0.1) is 5.92 Å². The van der Waals surface area contributed by atoms with Gasteiger partial charge in [-0.15, -0.1) is 0 Å². The van der Waals surface area contributed by atoms with E-state index in [1.807, 2.05) is 43.7 Å². The molecule has 4 rings (SSSR count). The number of hydrogen-bond donors (Lipinski definition) is 1. The van der Waals surface area contributed by atoms with Gasteiger partial charge in [0.15, 0.2) is 0 Å². The maximum absolute atomic E-state index is 12.8. The number of amides is 1. The standard InChI is InChI=1S/C21H28N6O/c1-15(2)26-9-8-16(12-26)11-25(3)21(28)19-10-17(23-24-19)13-27-14-22-18-6-4-5-7-20(18)27/h4-7,10,14-16H,8-9,11-13H2,1-3H3,(H,23,24)/t16-/m1/s1. The number of fused-ring (bicyclic) bond motifs is 1. The first-order valence-electron chi connectivity index (χ1n) is 9.95. The molecular formula is C21H28N6O. The maximum Gasteiger partial charge on any atom is 0.274 e. The summed E-state index contributed by atoms with van der Waals surface area (Å²) >= 11 is 0. The Labute approximate surface area is 165 Å². The van der Waals surface area contributed by atoms with Gasteiger partial charge in [-0.3, -0.25) is 9.89 Å². The molecule has 0 saturated carbocycles. The zero-order valence-electron chi connectivity index (χ0n) is 16.8. The Hall–Kier alpha value is -2.67. The second kappa shape index (κ2) is 7.75. The van der Waals surface area contributed by atoms with Gasteiger partial charge in [-0.1, -0.05) is 12.1 Å². The van der Waals surface area contributed by atoms with Crippen LogP contribution in [0.2, 0.25) is 0 Å². The highest BCUT2D eigenvalue weighted by atomic mass is 16.2. The summed E-state index contributed by atoms with van der Waals surface area (Å²) in [6, 6.07) is 10.4. The predicted molar refractivity (Wildman–Crippen MR) is 109 cm³/mol. The number of aromatic amines is 1. The average Bonchev–Trinajstić information content (AvgIpc) is 3.42. The highest BCUT2D eigenvalue weighted by molar-refractivity contribution is 5.92. The largest absolute Gasteiger partial charge is 0.340 e. The van der Waals surface area contributed by atoms with Crippen LogP contribution in [0.4, 0.5) is 0 Å². The number of nitrogens with zero attached hydrogens (tertiary/aromatic N) is 5. The van der Waals surface area contributed by atoms with Crippen molar-refractivity contribution in [1.82, 2.24) is 29.5 Å². The summed E-state index contributed by atoms with van der Waals surface area (Å²) in [5.74, 6) is 0.507. The fourth-order valence-corrected chi connectivity index (χ4v) is 4.02. The number of hydrogen-bond acceptors (Lipinski definition) is 4. The highest BCUT2D eigenvalue weighted by Gasteiger charge is 2.27. The van der Waals surface area contributed by atoms with Gasteiger partial charge in [0.1, 0.15) is 5.69 Å². The molecule has 1 fully saturated rings. The minimum atomic E-state index is -0.0269. The lowest BCUT2D eigenvalue weighted by molar-refractivity contribution is 0.0766. The smallest absolute Gasteiger partial charge is 0.274 e. The van der Waals surface area contributed by atoms with E-state index < -0.39 is 0 Å². The Balaban J connectivity index is 1.39. The molecule has 0 aliphatic carbocycles. The number of carbonyl (C=O) groups is 1. The van der Waals surface area contributed by atoms with Crippen molar-refractivity contribution in [2.24, 2.45) is 5.92 Å². The monoisotopic (exact) mass is 380 g/mol. The zero-order valence-corrected chi connectivity index (χ0v) is 16.8. The number of para-hydroxylation sites is 2. The molecule has 1 aromatic carbocycles. The normalized spacial score (nSPS) is 17.6. The summed E-state index contributed by atoms with van der Waals surface area (Å²) in [7, 11) is 1.87. The fraction of sp³-hybridized carbons (Fsp3) is 0.476. The van der Waals surface area contributed by atoms with Gasteiger partial charge in [-0.25, -0.2) is 4.98 Å². The Morgan fingerprint density at radius 3 is 2.96 bits per heavy atom. The van der Waals surface area contributed by atoms with E-state index in [1.165, 1.54) is 0 Å². The molecule has 3 aromatic rings. The second-order valence-corrected chi connectivity index (χ2v) is 8.07. The zero-order chi connectivity index (χ0) is 19.7. The molecule has 1 amide bonds. The van der Waals surface area contributed by atoms with Crippen molar-refractivity contribution in [3.05, 3.63) is 48.0 Å². The van der Waals surface area contributed by atoms with Crippen molar-refractivity contribution in [1.29, 1.82) is 0 Å². The third-order valence-electron chi connectivity index (χ3n) is 5.64. The van der Waals surface area contributed by atoms with E-state index in [4.69, 9.17) is 0 Å². The summed E-state index contributed by atoms with van der Waals surface area (Å²) in [5.41, 5.74) is 3.40. The Bertz CT molecular complexity index is 959. The van der Waals surface area contributed by atoms with Gasteiger partial charge in [0.25, 0.3) is 5.91 Å². The minimum absolute atomic E-state index is 0.0269. The number of benzene rings is 1. The molecule has 0 unspecified atom stereocenters. The molecule has 3 heterocycles. The van der Waals surface area contributed by atoms with Crippen LogP contribution in [0.1, 0.15) is 36.5 Å². The summed E-state index contributed by atoms with van der Waals surface area (Å²) in [6.45, 7) is 8.02. The van der Waals surface area contributed by atoms with E-state index in [2.05, 4.69) is 38.5 Å². The number of nitrogens with one attached hydrogen (secondary N) is 1. The first kappa shape index (κ1) is 18.7. The summed E-state index contributed by atoms with van der Waals surface area (Å²) in [6.07, 6.45) is 2.97. The SMILES string of the molecule is CC(C)N1CC[C@H](CN(C)C(=O)c2cc(Cn3cnc4ccccc43)[nH]n2)C1. The summed E-state index contributed by atoms with van der Waals surface area (Å²) in [4.78, 5) is 21.5. The molecule has 1 atom stereocenters. The third-order valence-corrected chi connectivity index (χ3v) is 5.64. The number of likely N-dealkylation sites (tertiary alicyclic amines) is 1. The van der Waals surface area contributed by atoms with Crippen LogP contribution in [-0.4, -0.2) is 68.2 Å². The first-order valence-corrected chi connectivity index (χ1v) is 9.95. The molecule has 1 aliphatic rings. The number of carbonyl (C=O) groups excluding carboxylic acids is 1. The van der Waals surface area contributed by atoms with Gasteiger partial charge in [0, 0.05) is 26.2 Å². The highest BCUT2D eigenvalue weighted by Crippen LogP contribution is 2.20. The van der Waals surface area contributed by atoms with E-state index in [0.717, 1.165) is 42.8 Å². The molecular weight excluding hydrogens is 352 g/mol. The number of rotatable bonds is 6. The predicted octanol–water partition coefficient (Wildman–Crippen LogP) is 2.61. The van der Waals surface area contributed by atoms with Gasteiger partial charge in [-0.2, -0.15) is 5.10 Å². The number of H-pyrrole nitrogens is 1. The van der Waals surface area contributed by atoms with Gasteiger partial charge < -0.3 is 14.4 Å². The van der Waals surface area contributed by atoms with Crippen LogP contribution in [0.15, 0.2) is 36.7 Å². The molecule has 0 bridgehead atoms. The molecule has 1 N–H and O–H groups in total. The lowest BCUT2D eigenvalue weighted by Gasteiger charge is -2.23. The van der Waals surface area contributed by atoms with Crippen molar-refractivity contribution in [2.75, 3.05) is 26.7 Å². The molecule has 28 heavy (non-hydrogen) atoms. The van der Waals surface area contributed by atoms with E-state index in [0.29, 0.717) is 24.2 Å². The maximum atomic E-state index is 12.8. The van der Waals surface area contributed by atoms with Crippen molar-refractivity contribution >= 4 is 16.9 Å². The Morgan fingerprint density at radius 1 is 1.36 bits per heavy atom. The van der Waals surface area contributed by atoms with Gasteiger partial charge in [0.2, 0.25) is 0 Å². The van der Waals surface area contributed by atoms with E-state index >= 15 is 0 Å². The van der Waals surface area contributed by atoms with Crippen LogP contribution in [0.25, 0.3) is 11.0 Å². The van der Waals surface area contributed by atoms with E-state index in [-0.39, 0.29) is 5.91 Å². The van der Waals surface area contributed by atoms with Crippen molar-refractivity contribution in [3.63, 3.8) is 0 Å². The Morgan fingerprint density at radius 2 is 2.18 bits per heavy atom. The molecule has 0 spiro atoms. The molecule has 2 aromatic heterocycles. The molecule has 1 saturated heterocycles. The van der Waals surface area contributed by atoms with Crippen LogP contribution in [0.5, 0.6) is 0 Å². The topological polar surface area (TPSA) is 70.1 Å². The van der Waals surface area contributed by atoms with Gasteiger partial charge in [-0.05, 0) is 50.9 Å². The third kappa shape index (κ3) is 3.80. The number of aromatic nitrogens is 4. The first-order chi connectivity index (χ1) is 13.5. The second-order valence-electron chi connectivity index (χ2n) is 8.07. The van der Waals surface area contributed by atoms with E-state index in [9.17, 15) is 4.79 Å². The molecule has 0 radical (unpaired) electrons. The lowest BCUT2D eigenvalue weighted by Crippen LogP contribution is -2.34. The van der Waals surface area contributed by atoms with Crippen molar-refractivity contribution in [3.8, 4) is 0 Å².